The Hall–Kier alpha value is -2.19. The van der Waals surface area contributed by atoms with E-state index >= 15 is 0 Å². The van der Waals surface area contributed by atoms with Gasteiger partial charge in [0.1, 0.15) is 0 Å². The number of Topliss-reactive ketones (excluding diaryl/α,β-unsaturated/α-hetero) is 1. The number of ketones is 1. The first kappa shape index (κ1) is 17.6. The summed E-state index contributed by atoms with van der Waals surface area (Å²) in [5.74, 6) is -2.46. The molecule has 1 heterocycles. The lowest BCUT2D eigenvalue weighted by Gasteiger charge is -2.06. The van der Waals surface area contributed by atoms with E-state index in [0.717, 1.165) is 17.3 Å². The second kappa shape index (κ2) is 8.26. The molecule has 1 aromatic heterocycles. The molecule has 2 aromatic carbocycles. The van der Waals surface area contributed by atoms with Crippen LogP contribution in [0.25, 0.3) is 11.5 Å². The number of rotatable bonds is 7. The minimum absolute atomic E-state index is 0.0250. The standard InChI is InChI=1S/C17H12F2N2O2S2/c18-16(19)25-14-9-5-4-8-12(14)13(22)10-24-17-21-20-15(23-17)11-6-2-1-3-7-11/h1-9,16H,10H2. The van der Waals surface area contributed by atoms with Crippen molar-refractivity contribution < 1.29 is 18.0 Å². The van der Waals surface area contributed by atoms with Gasteiger partial charge in [-0.05, 0) is 18.2 Å². The number of aromatic nitrogens is 2. The van der Waals surface area contributed by atoms with Crippen molar-refractivity contribution in [2.75, 3.05) is 5.75 Å². The molecule has 0 fully saturated rings. The fourth-order valence-corrected chi connectivity index (χ4v) is 3.37. The maximum atomic E-state index is 12.6. The van der Waals surface area contributed by atoms with Crippen LogP contribution in [0.2, 0.25) is 0 Å². The summed E-state index contributed by atoms with van der Waals surface area (Å²) in [6.45, 7) is 0. The quantitative estimate of drug-likeness (QED) is 0.425. The summed E-state index contributed by atoms with van der Waals surface area (Å²) >= 11 is 1.44. The summed E-state index contributed by atoms with van der Waals surface area (Å²) in [7, 11) is 0. The van der Waals surface area contributed by atoms with Crippen LogP contribution in [-0.2, 0) is 0 Å². The Labute approximate surface area is 151 Å². The zero-order valence-corrected chi connectivity index (χ0v) is 14.4. The molecule has 0 saturated heterocycles. The highest BCUT2D eigenvalue weighted by molar-refractivity contribution is 8.00. The lowest BCUT2D eigenvalue weighted by Crippen LogP contribution is -2.04. The molecule has 0 spiro atoms. The molecule has 0 bridgehead atoms. The molecule has 4 nitrogen and oxygen atoms in total. The van der Waals surface area contributed by atoms with Crippen molar-refractivity contribution in [3.05, 3.63) is 60.2 Å². The molecule has 3 rings (SSSR count). The van der Waals surface area contributed by atoms with Gasteiger partial charge in [0.25, 0.3) is 11.0 Å². The van der Waals surface area contributed by atoms with E-state index in [-0.39, 0.29) is 27.2 Å². The number of hydrogen-bond donors (Lipinski definition) is 0. The topological polar surface area (TPSA) is 56.0 Å². The minimum atomic E-state index is -2.58. The molecule has 3 aromatic rings. The van der Waals surface area contributed by atoms with E-state index in [1.54, 1.807) is 12.1 Å². The Kier molecular flexibility index (Phi) is 5.83. The van der Waals surface area contributed by atoms with Crippen LogP contribution in [-0.4, -0.2) is 27.5 Å². The average Bonchev–Trinajstić information content (AvgIpc) is 3.09. The number of carbonyl (C=O) groups excluding carboxylic acids is 1. The highest BCUT2D eigenvalue weighted by atomic mass is 32.2. The van der Waals surface area contributed by atoms with E-state index in [1.165, 1.54) is 12.1 Å². The van der Waals surface area contributed by atoms with Crippen LogP contribution in [0.3, 0.4) is 0 Å². The predicted molar refractivity (Wildman–Crippen MR) is 93.1 cm³/mol. The SMILES string of the molecule is O=C(CSc1nnc(-c2ccccc2)o1)c1ccccc1SC(F)F. The highest BCUT2D eigenvalue weighted by Gasteiger charge is 2.17. The van der Waals surface area contributed by atoms with Gasteiger partial charge in [-0.2, -0.15) is 8.78 Å². The second-order valence-electron chi connectivity index (χ2n) is 4.83. The van der Waals surface area contributed by atoms with E-state index in [9.17, 15) is 13.6 Å². The Bertz CT molecular complexity index is 857. The molecule has 0 atom stereocenters. The van der Waals surface area contributed by atoms with Gasteiger partial charge in [0.05, 0.1) is 5.75 Å². The van der Waals surface area contributed by atoms with Crippen LogP contribution >= 0.6 is 23.5 Å². The van der Waals surface area contributed by atoms with E-state index in [4.69, 9.17) is 4.42 Å². The van der Waals surface area contributed by atoms with Crippen molar-refractivity contribution in [1.82, 2.24) is 10.2 Å². The molecule has 0 aliphatic heterocycles. The first-order valence-electron chi connectivity index (χ1n) is 7.22. The second-order valence-corrected chi connectivity index (χ2v) is 6.78. The van der Waals surface area contributed by atoms with Gasteiger partial charge in [-0.15, -0.1) is 10.2 Å². The van der Waals surface area contributed by atoms with Crippen LogP contribution in [0.1, 0.15) is 10.4 Å². The third-order valence-electron chi connectivity index (χ3n) is 3.16. The third kappa shape index (κ3) is 4.67. The third-order valence-corrected chi connectivity index (χ3v) is 4.76. The Balaban J connectivity index is 1.66. The molecule has 8 heteroatoms. The van der Waals surface area contributed by atoms with Gasteiger partial charge in [0, 0.05) is 16.0 Å². The van der Waals surface area contributed by atoms with Gasteiger partial charge in [-0.25, -0.2) is 0 Å². The van der Waals surface area contributed by atoms with E-state index < -0.39 is 5.76 Å². The van der Waals surface area contributed by atoms with Crippen molar-refractivity contribution >= 4 is 29.3 Å². The molecule has 0 aliphatic rings. The zero-order chi connectivity index (χ0) is 17.6. The summed E-state index contributed by atoms with van der Waals surface area (Å²) in [6, 6.07) is 15.6. The highest BCUT2D eigenvalue weighted by Crippen LogP contribution is 2.30. The number of alkyl halides is 2. The van der Waals surface area contributed by atoms with Crippen LogP contribution in [0, 0.1) is 0 Å². The monoisotopic (exact) mass is 378 g/mol. The summed E-state index contributed by atoms with van der Waals surface area (Å²) in [5.41, 5.74) is 1.05. The van der Waals surface area contributed by atoms with Gasteiger partial charge in [-0.3, -0.25) is 4.79 Å². The average molecular weight is 378 g/mol. The Morgan fingerprint density at radius 3 is 2.52 bits per heavy atom. The largest absolute Gasteiger partial charge is 0.411 e. The summed E-state index contributed by atoms with van der Waals surface area (Å²) in [4.78, 5) is 12.6. The van der Waals surface area contributed by atoms with Gasteiger partial charge in [0.2, 0.25) is 5.89 Å². The lowest BCUT2D eigenvalue weighted by molar-refractivity contribution is 0.101. The van der Waals surface area contributed by atoms with E-state index in [2.05, 4.69) is 10.2 Å². The first-order valence-corrected chi connectivity index (χ1v) is 9.09. The minimum Gasteiger partial charge on any atom is -0.411 e. The van der Waals surface area contributed by atoms with E-state index in [1.807, 2.05) is 30.3 Å². The molecule has 128 valence electrons. The molecular weight excluding hydrogens is 366 g/mol. The maximum absolute atomic E-state index is 12.6. The molecule has 0 unspecified atom stereocenters. The van der Waals surface area contributed by atoms with Crippen LogP contribution in [0.4, 0.5) is 8.78 Å². The van der Waals surface area contributed by atoms with E-state index in [0.29, 0.717) is 17.7 Å². The van der Waals surface area contributed by atoms with Crippen LogP contribution in [0.5, 0.6) is 0 Å². The fraction of sp³-hybridized carbons (Fsp3) is 0.118. The van der Waals surface area contributed by atoms with Gasteiger partial charge < -0.3 is 4.42 Å². The summed E-state index contributed by atoms with van der Waals surface area (Å²) < 4.78 is 30.7. The number of nitrogens with zero attached hydrogens (tertiary/aromatic N) is 2. The van der Waals surface area contributed by atoms with Crippen molar-refractivity contribution in [2.24, 2.45) is 0 Å². The van der Waals surface area contributed by atoms with Crippen molar-refractivity contribution in [3.8, 4) is 11.5 Å². The van der Waals surface area contributed by atoms with Crippen molar-refractivity contribution in [3.63, 3.8) is 0 Å². The first-order chi connectivity index (χ1) is 12.1. The van der Waals surface area contributed by atoms with Gasteiger partial charge in [-0.1, -0.05) is 59.9 Å². The number of thioether (sulfide) groups is 2. The molecule has 0 saturated carbocycles. The van der Waals surface area contributed by atoms with Gasteiger partial charge in [0.15, 0.2) is 5.78 Å². The Morgan fingerprint density at radius 1 is 1.04 bits per heavy atom. The number of halogens is 2. The smallest absolute Gasteiger partial charge is 0.288 e. The lowest BCUT2D eigenvalue weighted by atomic mass is 10.1. The molecule has 0 radical (unpaired) electrons. The molecular formula is C17H12F2N2O2S2. The Morgan fingerprint density at radius 2 is 1.76 bits per heavy atom. The number of benzene rings is 2. The maximum Gasteiger partial charge on any atom is 0.288 e. The summed E-state index contributed by atoms with van der Waals surface area (Å²) in [6.07, 6.45) is 0. The van der Waals surface area contributed by atoms with Crippen molar-refractivity contribution in [2.45, 2.75) is 15.9 Å². The molecule has 25 heavy (non-hydrogen) atoms. The zero-order valence-electron chi connectivity index (χ0n) is 12.8. The predicted octanol–water partition coefficient (Wildman–Crippen LogP) is 5.03. The number of carbonyl (C=O) groups is 1. The fourth-order valence-electron chi connectivity index (χ4n) is 2.07. The molecule has 0 N–H and O–H groups in total. The van der Waals surface area contributed by atoms with Gasteiger partial charge >= 0.3 is 0 Å². The summed E-state index contributed by atoms with van der Waals surface area (Å²) in [5, 5.41) is 8.10. The van der Waals surface area contributed by atoms with Crippen LogP contribution < -0.4 is 0 Å². The molecule has 0 aliphatic carbocycles. The normalized spacial score (nSPS) is 11.0. The van der Waals surface area contributed by atoms with Crippen molar-refractivity contribution in [1.29, 1.82) is 0 Å². The van der Waals surface area contributed by atoms with Crippen LogP contribution in [0.15, 0.2) is 69.1 Å². The molecule has 0 amide bonds. The number of hydrogen-bond acceptors (Lipinski definition) is 6.